The lowest BCUT2D eigenvalue weighted by Gasteiger charge is -2.18. The van der Waals surface area contributed by atoms with Gasteiger partial charge in [0.25, 0.3) is 6.43 Å². The molecular weight excluding hydrogens is 241 g/mol. The number of hydrogen-bond donors (Lipinski definition) is 1. The van der Waals surface area contributed by atoms with E-state index < -0.39 is 24.2 Å². The van der Waals surface area contributed by atoms with Crippen LogP contribution in [-0.4, -0.2) is 13.0 Å². The molecule has 0 aromatic heterocycles. The van der Waals surface area contributed by atoms with E-state index in [-0.39, 0.29) is 12.1 Å². The Hall–Kier alpha value is -1.17. The van der Waals surface area contributed by atoms with Crippen molar-refractivity contribution in [3.8, 4) is 0 Å². The van der Waals surface area contributed by atoms with Crippen LogP contribution in [0.5, 0.6) is 0 Å². The average Bonchev–Trinajstić information content (AvgIpc) is 2.24. The van der Waals surface area contributed by atoms with Crippen LogP contribution in [0, 0.1) is 0 Å². The van der Waals surface area contributed by atoms with Gasteiger partial charge in [0, 0.05) is 0 Å². The number of rotatable bonds is 4. The minimum absolute atomic E-state index is 0.0586. The van der Waals surface area contributed by atoms with Gasteiger partial charge in [-0.3, -0.25) is 0 Å². The van der Waals surface area contributed by atoms with Gasteiger partial charge in [-0.2, -0.15) is 13.2 Å². The molecule has 0 heterocycles. The standard InChI is InChI=1S/C11H12F5N/c1-2-17-9(10(12)13)7-4-3-5-8(6-7)11(14,15)16/h3-6,9-10,17H,2H2,1H3. The molecule has 17 heavy (non-hydrogen) atoms. The molecule has 0 spiro atoms. The second-order valence-corrected chi connectivity index (χ2v) is 3.49. The molecule has 0 aliphatic heterocycles. The van der Waals surface area contributed by atoms with Gasteiger partial charge < -0.3 is 5.32 Å². The van der Waals surface area contributed by atoms with Crippen LogP contribution in [0.15, 0.2) is 24.3 Å². The summed E-state index contributed by atoms with van der Waals surface area (Å²) in [4.78, 5) is 0. The Morgan fingerprint density at radius 2 is 1.88 bits per heavy atom. The van der Waals surface area contributed by atoms with E-state index in [0.29, 0.717) is 0 Å². The van der Waals surface area contributed by atoms with Gasteiger partial charge in [-0.15, -0.1) is 0 Å². The van der Waals surface area contributed by atoms with Gasteiger partial charge in [-0.25, -0.2) is 8.78 Å². The molecular formula is C11H12F5N. The van der Waals surface area contributed by atoms with Crippen molar-refractivity contribution in [3.63, 3.8) is 0 Å². The maximum atomic E-state index is 12.7. The fourth-order valence-corrected chi connectivity index (χ4v) is 1.48. The van der Waals surface area contributed by atoms with E-state index in [9.17, 15) is 22.0 Å². The number of nitrogens with one attached hydrogen (secondary N) is 1. The van der Waals surface area contributed by atoms with E-state index >= 15 is 0 Å². The van der Waals surface area contributed by atoms with Gasteiger partial charge >= 0.3 is 6.18 Å². The van der Waals surface area contributed by atoms with E-state index in [4.69, 9.17) is 0 Å². The quantitative estimate of drug-likeness (QED) is 0.808. The predicted molar refractivity (Wildman–Crippen MR) is 53.9 cm³/mol. The zero-order valence-corrected chi connectivity index (χ0v) is 9.06. The van der Waals surface area contributed by atoms with Crippen LogP contribution in [0.4, 0.5) is 22.0 Å². The summed E-state index contributed by atoms with van der Waals surface area (Å²) in [5, 5.41) is 2.46. The van der Waals surface area contributed by atoms with Crippen LogP contribution < -0.4 is 5.32 Å². The van der Waals surface area contributed by atoms with Crippen LogP contribution in [-0.2, 0) is 6.18 Å². The predicted octanol–water partition coefficient (Wildman–Crippen LogP) is 3.62. The van der Waals surface area contributed by atoms with Gasteiger partial charge in [0.1, 0.15) is 0 Å². The van der Waals surface area contributed by atoms with Crippen LogP contribution in [0.2, 0.25) is 0 Å². The number of hydrogen-bond acceptors (Lipinski definition) is 1. The molecule has 1 unspecified atom stereocenters. The highest BCUT2D eigenvalue weighted by molar-refractivity contribution is 5.28. The zero-order valence-electron chi connectivity index (χ0n) is 9.06. The summed E-state index contributed by atoms with van der Waals surface area (Å²) in [6.45, 7) is 1.87. The largest absolute Gasteiger partial charge is 0.416 e. The molecule has 0 saturated carbocycles. The first-order valence-corrected chi connectivity index (χ1v) is 5.05. The molecule has 1 aromatic carbocycles. The van der Waals surface area contributed by atoms with Crippen molar-refractivity contribution < 1.29 is 22.0 Å². The third kappa shape index (κ3) is 3.66. The van der Waals surface area contributed by atoms with Crippen molar-refractivity contribution in [3.05, 3.63) is 35.4 Å². The summed E-state index contributed by atoms with van der Waals surface area (Å²) < 4.78 is 62.5. The van der Waals surface area contributed by atoms with Crippen LogP contribution >= 0.6 is 0 Å². The minimum atomic E-state index is -4.52. The van der Waals surface area contributed by atoms with Crippen LogP contribution in [0.3, 0.4) is 0 Å². The van der Waals surface area contributed by atoms with E-state index in [2.05, 4.69) is 5.32 Å². The third-order valence-electron chi connectivity index (χ3n) is 2.25. The van der Waals surface area contributed by atoms with Crippen molar-refractivity contribution in [2.45, 2.75) is 25.6 Å². The fraction of sp³-hybridized carbons (Fsp3) is 0.455. The van der Waals surface area contributed by atoms with Crippen molar-refractivity contribution in [1.29, 1.82) is 0 Å². The summed E-state index contributed by atoms with van der Waals surface area (Å²) in [6.07, 6.45) is -7.27. The van der Waals surface area contributed by atoms with Crippen molar-refractivity contribution in [2.24, 2.45) is 0 Å². The number of benzene rings is 1. The molecule has 0 aliphatic rings. The van der Waals surface area contributed by atoms with Crippen LogP contribution in [0.25, 0.3) is 0 Å². The highest BCUT2D eigenvalue weighted by atomic mass is 19.4. The Bertz CT molecular complexity index is 361. The highest BCUT2D eigenvalue weighted by Gasteiger charge is 2.31. The van der Waals surface area contributed by atoms with E-state index in [1.54, 1.807) is 6.92 Å². The summed E-state index contributed by atoms with van der Waals surface area (Å²) >= 11 is 0. The second-order valence-electron chi connectivity index (χ2n) is 3.49. The van der Waals surface area contributed by atoms with E-state index in [0.717, 1.165) is 18.2 Å². The SMILES string of the molecule is CCNC(c1cccc(C(F)(F)F)c1)C(F)F. The average molecular weight is 253 g/mol. The lowest BCUT2D eigenvalue weighted by Crippen LogP contribution is -2.27. The topological polar surface area (TPSA) is 12.0 Å². The molecule has 0 fully saturated rings. The Labute approximate surface area is 95.6 Å². The molecule has 1 atom stereocenters. The van der Waals surface area contributed by atoms with Crippen molar-refractivity contribution >= 4 is 0 Å². The van der Waals surface area contributed by atoms with Gasteiger partial charge in [0.15, 0.2) is 0 Å². The second kappa shape index (κ2) is 5.44. The zero-order chi connectivity index (χ0) is 13.1. The normalized spacial score (nSPS) is 14.1. The van der Waals surface area contributed by atoms with Crippen molar-refractivity contribution in [2.75, 3.05) is 6.54 Å². The molecule has 0 saturated heterocycles. The third-order valence-corrected chi connectivity index (χ3v) is 2.25. The molecule has 1 nitrogen and oxygen atoms in total. The molecule has 1 aromatic rings. The monoisotopic (exact) mass is 253 g/mol. The Balaban J connectivity index is 3.04. The van der Waals surface area contributed by atoms with E-state index in [1.165, 1.54) is 6.07 Å². The summed E-state index contributed by atoms with van der Waals surface area (Å²) in [5.41, 5.74) is -0.977. The van der Waals surface area contributed by atoms with Gasteiger partial charge in [0.2, 0.25) is 0 Å². The summed E-state index contributed by atoms with van der Waals surface area (Å²) in [7, 11) is 0. The Morgan fingerprint density at radius 1 is 1.24 bits per heavy atom. The maximum Gasteiger partial charge on any atom is 0.416 e. The molecule has 1 N–H and O–H groups in total. The van der Waals surface area contributed by atoms with Gasteiger partial charge in [-0.1, -0.05) is 19.1 Å². The van der Waals surface area contributed by atoms with E-state index in [1.807, 2.05) is 0 Å². The molecule has 1 rings (SSSR count). The molecule has 0 bridgehead atoms. The Kier molecular flexibility index (Phi) is 4.45. The highest BCUT2D eigenvalue weighted by Crippen LogP contribution is 2.31. The van der Waals surface area contributed by atoms with Crippen molar-refractivity contribution in [1.82, 2.24) is 5.32 Å². The Morgan fingerprint density at radius 3 is 2.35 bits per heavy atom. The summed E-state index contributed by atoms with van der Waals surface area (Å²) in [5.74, 6) is 0. The van der Waals surface area contributed by atoms with Gasteiger partial charge in [0.05, 0.1) is 11.6 Å². The fourth-order valence-electron chi connectivity index (χ4n) is 1.48. The number of halogens is 5. The van der Waals surface area contributed by atoms with Gasteiger partial charge in [-0.05, 0) is 24.2 Å². The first-order valence-electron chi connectivity index (χ1n) is 5.05. The van der Waals surface area contributed by atoms with Crippen LogP contribution in [0.1, 0.15) is 24.1 Å². The smallest absolute Gasteiger partial charge is 0.306 e. The lowest BCUT2D eigenvalue weighted by atomic mass is 10.0. The lowest BCUT2D eigenvalue weighted by molar-refractivity contribution is -0.137. The first kappa shape index (κ1) is 13.9. The molecule has 0 amide bonds. The number of alkyl halides is 5. The maximum absolute atomic E-state index is 12.7. The molecule has 96 valence electrons. The molecule has 0 aliphatic carbocycles. The first-order chi connectivity index (χ1) is 7.86. The minimum Gasteiger partial charge on any atom is -0.306 e. The summed E-state index contributed by atoms with van der Waals surface area (Å²) in [6, 6.07) is 2.62. The molecule has 0 radical (unpaired) electrons. The molecule has 6 heteroatoms.